The van der Waals surface area contributed by atoms with Crippen LogP contribution in [0.2, 0.25) is 0 Å². The van der Waals surface area contributed by atoms with Crippen molar-refractivity contribution < 1.29 is 9.47 Å². The minimum absolute atomic E-state index is 0.297. The van der Waals surface area contributed by atoms with E-state index < -0.39 is 0 Å². The predicted octanol–water partition coefficient (Wildman–Crippen LogP) is 6.28. The summed E-state index contributed by atoms with van der Waals surface area (Å²) in [4.78, 5) is 2.60. The lowest BCUT2D eigenvalue weighted by atomic mass is 9.85. The first-order valence-corrected chi connectivity index (χ1v) is 10.3. The van der Waals surface area contributed by atoms with Gasteiger partial charge in [-0.15, -0.1) is 0 Å². The van der Waals surface area contributed by atoms with Crippen molar-refractivity contribution in [3.8, 4) is 11.5 Å². The van der Waals surface area contributed by atoms with Crippen LogP contribution in [0.3, 0.4) is 0 Å². The molecule has 0 saturated carbocycles. The first-order chi connectivity index (χ1) is 14.1. The third kappa shape index (κ3) is 3.57. The fourth-order valence-electron chi connectivity index (χ4n) is 4.71. The molecule has 1 aliphatic rings. The second kappa shape index (κ2) is 8.20. The van der Waals surface area contributed by atoms with Gasteiger partial charge in [-0.05, 0) is 59.4 Å². The van der Waals surface area contributed by atoms with Crippen molar-refractivity contribution in [2.75, 3.05) is 19.1 Å². The summed E-state index contributed by atoms with van der Waals surface area (Å²) in [5, 5.41) is 0. The maximum atomic E-state index is 5.38. The highest BCUT2D eigenvalue weighted by atomic mass is 16.5. The number of rotatable bonds is 5. The molecule has 0 N–H and O–H groups in total. The third-order valence-corrected chi connectivity index (χ3v) is 6.39. The minimum atomic E-state index is 0.297. The Kier molecular flexibility index (Phi) is 5.48. The Morgan fingerprint density at radius 2 is 1.00 bits per heavy atom. The number of ether oxygens (including phenoxy) is 2. The van der Waals surface area contributed by atoms with Crippen molar-refractivity contribution in [3.63, 3.8) is 0 Å². The summed E-state index contributed by atoms with van der Waals surface area (Å²) in [6.45, 7) is 4.75. The van der Waals surface area contributed by atoms with Crippen molar-refractivity contribution in [3.05, 3.63) is 90.0 Å². The summed E-state index contributed by atoms with van der Waals surface area (Å²) in [6, 6.07) is 28.5. The fraction of sp³-hybridized carbons (Fsp3) is 0.308. The monoisotopic (exact) mass is 387 g/mol. The van der Waals surface area contributed by atoms with Crippen LogP contribution in [0.5, 0.6) is 11.5 Å². The molecule has 3 aromatic carbocycles. The molecule has 1 heterocycles. The van der Waals surface area contributed by atoms with Gasteiger partial charge in [0.05, 0.1) is 26.3 Å². The topological polar surface area (TPSA) is 21.7 Å². The zero-order valence-corrected chi connectivity index (χ0v) is 17.6. The number of methoxy groups -OCH3 is 2. The predicted molar refractivity (Wildman–Crippen MR) is 119 cm³/mol. The number of hydrogen-bond donors (Lipinski definition) is 0. The van der Waals surface area contributed by atoms with Gasteiger partial charge < -0.3 is 14.4 Å². The van der Waals surface area contributed by atoms with E-state index in [4.69, 9.17) is 9.47 Å². The van der Waals surface area contributed by atoms with Crippen LogP contribution in [0, 0.1) is 11.8 Å². The van der Waals surface area contributed by atoms with Gasteiger partial charge in [0.15, 0.2) is 0 Å². The van der Waals surface area contributed by atoms with Gasteiger partial charge in [0.25, 0.3) is 0 Å². The molecule has 29 heavy (non-hydrogen) atoms. The summed E-state index contributed by atoms with van der Waals surface area (Å²) < 4.78 is 10.8. The van der Waals surface area contributed by atoms with Crippen molar-refractivity contribution >= 4 is 5.69 Å². The van der Waals surface area contributed by atoms with Crippen molar-refractivity contribution in [2.45, 2.75) is 25.9 Å². The molecule has 0 unspecified atom stereocenters. The molecule has 4 atom stereocenters. The van der Waals surface area contributed by atoms with Crippen LogP contribution in [0.1, 0.15) is 37.1 Å². The molecule has 3 nitrogen and oxygen atoms in total. The van der Waals surface area contributed by atoms with E-state index in [2.05, 4.69) is 97.6 Å². The second-order valence-corrected chi connectivity index (χ2v) is 7.90. The zero-order chi connectivity index (χ0) is 20.4. The molecule has 150 valence electrons. The summed E-state index contributed by atoms with van der Waals surface area (Å²) in [5.74, 6) is 2.78. The maximum Gasteiger partial charge on any atom is 0.118 e. The molecule has 0 radical (unpaired) electrons. The first kappa shape index (κ1) is 19.4. The number of benzene rings is 3. The highest BCUT2D eigenvalue weighted by molar-refractivity contribution is 5.54. The molecular weight excluding hydrogens is 358 g/mol. The number of hydrogen-bond acceptors (Lipinski definition) is 3. The van der Waals surface area contributed by atoms with Crippen LogP contribution in [0.25, 0.3) is 0 Å². The largest absolute Gasteiger partial charge is 0.497 e. The quantitative estimate of drug-likeness (QED) is 0.514. The average molecular weight is 388 g/mol. The number of nitrogens with zero attached hydrogens (tertiary/aromatic N) is 1. The first-order valence-electron chi connectivity index (χ1n) is 10.3. The summed E-state index contributed by atoms with van der Waals surface area (Å²) in [6.07, 6.45) is 0. The Morgan fingerprint density at radius 1 is 0.586 bits per heavy atom. The Hall–Kier alpha value is -2.94. The standard InChI is InChI=1S/C26H29NO2/c1-18-19(2)26(21-12-16-24(29-4)17-13-21)27(22-8-6-5-7-9-22)25(18)20-10-14-23(28-3)15-11-20/h5-19,25-26H,1-4H3/t18-,19-,25-,26-/m1/s1. The molecular formula is C26H29NO2. The van der Waals surface area contributed by atoms with Crippen LogP contribution in [0.4, 0.5) is 5.69 Å². The zero-order valence-electron chi connectivity index (χ0n) is 17.6. The van der Waals surface area contributed by atoms with Gasteiger partial charge in [0.1, 0.15) is 11.5 Å². The smallest absolute Gasteiger partial charge is 0.118 e. The van der Waals surface area contributed by atoms with E-state index in [9.17, 15) is 0 Å². The molecule has 0 spiro atoms. The highest BCUT2D eigenvalue weighted by Crippen LogP contribution is 2.53. The van der Waals surface area contributed by atoms with E-state index in [1.54, 1.807) is 14.2 Å². The fourth-order valence-corrected chi connectivity index (χ4v) is 4.71. The Balaban J connectivity index is 1.81. The van der Waals surface area contributed by atoms with Crippen LogP contribution in [0.15, 0.2) is 78.9 Å². The highest BCUT2D eigenvalue weighted by Gasteiger charge is 2.45. The average Bonchev–Trinajstić information content (AvgIpc) is 3.05. The number of para-hydroxylation sites is 1. The van der Waals surface area contributed by atoms with E-state index in [-0.39, 0.29) is 0 Å². The molecule has 0 amide bonds. The lowest BCUT2D eigenvalue weighted by Gasteiger charge is -2.34. The second-order valence-electron chi connectivity index (χ2n) is 7.90. The van der Waals surface area contributed by atoms with Gasteiger partial charge in [0, 0.05) is 5.69 Å². The Labute approximate surface area is 173 Å². The molecule has 1 fully saturated rings. The lowest BCUT2D eigenvalue weighted by Crippen LogP contribution is -2.27. The minimum Gasteiger partial charge on any atom is -0.497 e. The maximum absolute atomic E-state index is 5.38. The third-order valence-electron chi connectivity index (χ3n) is 6.39. The van der Waals surface area contributed by atoms with Crippen molar-refractivity contribution in [1.82, 2.24) is 0 Å². The molecule has 1 aliphatic heterocycles. The van der Waals surface area contributed by atoms with Crippen molar-refractivity contribution in [1.29, 1.82) is 0 Å². The summed E-state index contributed by atoms with van der Waals surface area (Å²) in [7, 11) is 3.43. The van der Waals surface area contributed by atoms with E-state index in [1.165, 1.54) is 16.8 Å². The van der Waals surface area contributed by atoms with Crippen LogP contribution in [-0.4, -0.2) is 14.2 Å². The van der Waals surface area contributed by atoms with Gasteiger partial charge in [-0.2, -0.15) is 0 Å². The van der Waals surface area contributed by atoms with Crippen LogP contribution >= 0.6 is 0 Å². The van der Waals surface area contributed by atoms with Crippen LogP contribution < -0.4 is 14.4 Å². The molecule has 0 bridgehead atoms. The molecule has 1 saturated heterocycles. The van der Waals surface area contributed by atoms with E-state index in [1.807, 2.05) is 0 Å². The molecule has 0 aliphatic carbocycles. The van der Waals surface area contributed by atoms with Gasteiger partial charge >= 0.3 is 0 Å². The lowest BCUT2D eigenvalue weighted by molar-refractivity contribution is 0.399. The molecule has 4 rings (SSSR count). The Morgan fingerprint density at radius 3 is 1.38 bits per heavy atom. The molecule has 0 aromatic heterocycles. The van der Waals surface area contributed by atoms with Gasteiger partial charge in [-0.1, -0.05) is 56.3 Å². The van der Waals surface area contributed by atoms with E-state index >= 15 is 0 Å². The Bertz CT molecular complexity index is 862. The molecule has 3 heteroatoms. The normalized spacial score (nSPS) is 23.8. The van der Waals surface area contributed by atoms with Gasteiger partial charge in [0.2, 0.25) is 0 Å². The van der Waals surface area contributed by atoms with Gasteiger partial charge in [-0.3, -0.25) is 0 Å². The molecule has 3 aromatic rings. The SMILES string of the molecule is COc1ccc([C@H]2[C@H](C)[C@@H](C)[C@H](c3ccc(OC)cc3)N2c2ccccc2)cc1. The summed E-state index contributed by atoms with van der Waals surface area (Å²) >= 11 is 0. The summed E-state index contributed by atoms with van der Waals surface area (Å²) in [5.41, 5.74) is 3.90. The van der Waals surface area contributed by atoms with Crippen molar-refractivity contribution in [2.24, 2.45) is 11.8 Å². The van der Waals surface area contributed by atoms with Crippen LogP contribution in [-0.2, 0) is 0 Å². The van der Waals surface area contributed by atoms with E-state index in [0.29, 0.717) is 23.9 Å². The number of anilines is 1. The van der Waals surface area contributed by atoms with Gasteiger partial charge in [-0.25, -0.2) is 0 Å². The van der Waals surface area contributed by atoms with E-state index in [0.717, 1.165) is 11.5 Å².